The number of hydrogen-bond donors (Lipinski definition) is 0. The van der Waals surface area contributed by atoms with Crippen molar-refractivity contribution in [3.63, 3.8) is 0 Å². The van der Waals surface area contributed by atoms with Gasteiger partial charge in [0.15, 0.2) is 11.4 Å². The normalized spacial score (nSPS) is 10.9. The molecular formula is C15H18BrN3O2. The number of aromatic nitrogens is 2. The quantitative estimate of drug-likeness (QED) is 0.750. The van der Waals surface area contributed by atoms with Crippen LogP contribution in [-0.2, 0) is 6.54 Å². The number of benzene rings is 1. The molecule has 0 fully saturated rings. The molecule has 0 amide bonds. The standard InChI is InChI=1S/C15H18BrN3O2/c1-18(2)7-8-19-14(13(21-3)10-17-19)15(20)11-5-4-6-12(16)9-11/h4-6,9-10H,7-8H2,1-3H3. The fraction of sp³-hybridized carbons (Fsp3) is 0.333. The Morgan fingerprint density at radius 3 is 2.81 bits per heavy atom. The van der Waals surface area contributed by atoms with E-state index in [4.69, 9.17) is 4.74 Å². The van der Waals surface area contributed by atoms with Crippen LogP contribution in [0.1, 0.15) is 16.1 Å². The Labute approximate surface area is 132 Å². The van der Waals surface area contributed by atoms with Gasteiger partial charge in [-0.15, -0.1) is 0 Å². The van der Waals surface area contributed by atoms with E-state index in [2.05, 4.69) is 21.0 Å². The molecule has 2 rings (SSSR count). The van der Waals surface area contributed by atoms with Crippen molar-refractivity contribution in [3.05, 3.63) is 46.2 Å². The molecule has 0 aliphatic rings. The topological polar surface area (TPSA) is 47.4 Å². The van der Waals surface area contributed by atoms with E-state index >= 15 is 0 Å². The van der Waals surface area contributed by atoms with E-state index < -0.39 is 0 Å². The molecule has 0 unspecified atom stereocenters. The van der Waals surface area contributed by atoms with E-state index in [1.807, 2.05) is 31.1 Å². The molecule has 0 radical (unpaired) electrons. The number of halogens is 1. The molecular weight excluding hydrogens is 334 g/mol. The summed E-state index contributed by atoms with van der Waals surface area (Å²) in [6, 6.07) is 7.31. The predicted octanol–water partition coefficient (Wildman–Crippen LogP) is 2.45. The van der Waals surface area contributed by atoms with Crippen LogP contribution in [-0.4, -0.2) is 48.2 Å². The first-order valence-corrected chi connectivity index (χ1v) is 7.37. The molecule has 0 spiro atoms. The molecule has 5 nitrogen and oxygen atoms in total. The lowest BCUT2D eigenvalue weighted by atomic mass is 10.1. The minimum Gasteiger partial charge on any atom is -0.493 e. The highest BCUT2D eigenvalue weighted by Gasteiger charge is 2.21. The van der Waals surface area contributed by atoms with Crippen LogP contribution in [0.25, 0.3) is 0 Å². The second-order valence-electron chi connectivity index (χ2n) is 4.93. The molecule has 0 atom stereocenters. The number of hydrogen-bond acceptors (Lipinski definition) is 4. The summed E-state index contributed by atoms with van der Waals surface area (Å²) >= 11 is 3.39. The second-order valence-corrected chi connectivity index (χ2v) is 5.84. The van der Waals surface area contributed by atoms with Crippen LogP contribution in [0.5, 0.6) is 5.75 Å². The summed E-state index contributed by atoms with van der Waals surface area (Å²) in [5.41, 5.74) is 1.09. The van der Waals surface area contributed by atoms with E-state index in [1.54, 1.807) is 30.1 Å². The van der Waals surface area contributed by atoms with Gasteiger partial charge in [-0.05, 0) is 26.2 Å². The van der Waals surface area contributed by atoms with Crippen LogP contribution in [0.4, 0.5) is 0 Å². The van der Waals surface area contributed by atoms with E-state index in [0.29, 0.717) is 23.6 Å². The van der Waals surface area contributed by atoms with Gasteiger partial charge in [-0.3, -0.25) is 9.48 Å². The third-order valence-corrected chi connectivity index (χ3v) is 3.58. The second kappa shape index (κ2) is 6.87. The molecule has 0 saturated carbocycles. The van der Waals surface area contributed by atoms with Crippen molar-refractivity contribution in [1.29, 1.82) is 0 Å². The SMILES string of the molecule is COc1cnn(CCN(C)C)c1C(=O)c1cccc(Br)c1. The molecule has 0 N–H and O–H groups in total. The summed E-state index contributed by atoms with van der Waals surface area (Å²) in [4.78, 5) is 14.8. The summed E-state index contributed by atoms with van der Waals surface area (Å²) < 4.78 is 7.84. The molecule has 21 heavy (non-hydrogen) atoms. The number of carbonyl (C=O) groups excluding carboxylic acids is 1. The molecule has 1 aromatic heterocycles. The Kier molecular flexibility index (Phi) is 5.14. The Hall–Kier alpha value is -1.66. The molecule has 0 aliphatic carbocycles. The Morgan fingerprint density at radius 2 is 2.19 bits per heavy atom. The van der Waals surface area contributed by atoms with Crippen LogP contribution in [0, 0.1) is 0 Å². The van der Waals surface area contributed by atoms with Crippen LogP contribution in [0.15, 0.2) is 34.9 Å². The van der Waals surface area contributed by atoms with Crippen molar-refractivity contribution in [2.24, 2.45) is 0 Å². The Morgan fingerprint density at radius 1 is 1.43 bits per heavy atom. The lowest BCUT2D eigenvalue weighted by Gasteiger charge is -2.12. The number of methoxy groups -OCH3 is 1. The molecule has 2 aromatic rings. The summed E-state index contributed by atoms with van der Waals surface area (Å²) in [5.74, 6) is 0.406. The van der Waals surface area contributed by atoms with Gasteiger partial charge in [0, 0.05) is 16.6 Å². The molecule has 1 aromatic carbocycles. The Bertz CT molecular complexity index is 638. The first-order chi connectivity index (χ1) is 10.0. The first kappa shape index (κ1) is 15.7. The van der Waals surface area contributed by atoms with Gasteiger partial charge in [0.05, 0.1) is 19.9 Å². The summed E-state index contributed by atoms with van der Waals surface area (Å²) in [7, 11) is 5.51. The maximum absolute atomic E-state index is 12.7. The molecule has 0 saturated heterocycles. The summed E-state index contributed by atoms with van der Waals surface area (Å²) in [6.07, 6.45) is 1.58. The van der Waals surface area contributed by atoms with Gasteiger partial charge >= 0.3 is 0 Å². The molecule has 0 bridgehead atoms. The van der Waals surface area contributed by atoms with Crippen LogP contribution < -0.4 is 4.74 Å². The zero-order valence-electron chi connectivity index (χ0n) is 12.3. The van der Waals surface area contributed by atoms with Gasteiger partial charge in [-0.25, -0.2) is 0 Å². The number of nitrogens with zero attached hydrogens (tertiary/aromatic N) is 3. The fourth-order valence-corrected chi connectivity index (χ4v) is 2.38. The number of carbonyl (C=O) groups is 1. The molecule has 6 heteroatoms. The number of rotatable bonds is 6. The van der Waals surface area contributed by atoms with E-state index in [-0.39, 0.29) is 5.78 Å². The smallest absolute Gasteiger partial charge is 0.214 e. The average molecular weight is 352 g/mol. The maximum Gasteiger partial charge on any atom is 0.214 e. The van der Waals surface area contributed by atoms with Crippen molar-refractivity contribution < 1.29 is 9.53 Å². The van der Waals surface area contributed by atoms with Crippen molar-refractivity contribution in [2.75, 3.05) is 27.7 Å². The van der Waals surface area contributed by atoms with E-state index in [9.17, 15) is 4.79 Å². The minimum atomic E-state index is -0.0931. The average Bonchev–Trinajstić information content (AvgIpc) is 2.87. The molecule has 112 valence electrons. The highest BCUT2D eigenvalue weighted by molar-refractivity contribution is 9.10. The lowest BCUT2D eigenvalue weighted by molar-refractivity contribution is 0.102. The highest BCUT2D eigenvalue weighted by Crippen LogP contribution is 2.22. The van der Waals surface area contributed by atoms with E-state index in [1.165, 1.54) is 0 Å². The maximum atomic E-state index is 12.7. The van der Waals surface area contributed by atoms with Crippen molar-refractivity contribution in [3.8, 4) is 5.75 Å². The van der Waals surface area contributed by atoms with Gasteiger partial charge in [-0.2, -0.15) is 5.10 Å². The lowest BCUT2D eigenvalue weighted by Crippen LogP contribution is -2.22. The molecule has 0 aliphatic heterocycles. The van der Waals surface area contributed by atoms with Crippen LogP contribution in [0.3, 0.4) is 0 Å². The van der Waals surface area contributed by atoms with Gasteiger partial charge in [0.25, 0.3) is 0 Å². The van der Waals surface area contributed by atoms with Gasteiger partial charge in [0.2, 0.25) is 5.78 Å². The summed E-state index contributed by atoms with van der Waals surface area (Å²) in [5, 5.41) is 4.26. The molecule has 1 heterocycles. The largest absolute Gasteiger partial charge is 0.493 e. The zero-order valence-corrected chi connectivity index (χ0v) is 13.9. The van der Waals surface area contributed by atoms with Crippen molar-refractivity contribution in [1.82, 2.24) is 14.7 Å². The predicted molar refractivity (Wildman–Crippen MR) is 84.9 cm³/mol. The highest BCUT2D eigenvalue weighted by atomic mass is 79.9. The third kappa shape index (κ3) is 3.71. The monoisotopic (exact) mass is 351 g/mol. The zero-order chi connectivity index (χ0) is 15.4. The van der Waals surface area contributed by atoms with Gasteiger partial charge < -0.3 is 9.64 Å². The number of ketones is 1. The third-order valence-electron chi connectivity index (χ3n) is 3.09. The van der Waals surface area contributed by atoms with Crippen molar-refractivity contribution in [2.45, 2.75) is 6.54 Å². The van der Waals surface area contributed by atoms with Crippen LogP contribution in [0.2, 0.25) is 0 Å². The summed E-state index contributed by atoms with van der Waals surface area (Å²) in [6.45, 7) is 1.43. The van der Waals surface area contributed by atoms with Gasteiger partial charge in [0.1, 0.15) is 0 Å². The fourth-order valence-electron chi connectivity index (χ4n) is 1.98. The first-order valence-electron chi connectivity index (χ1n) is 6.57. The Balaban J connectivity index is 2.36. The van der Waals surface area contributed by atoms with E-state index in [0.717, 1.165) is 11.0 Å². The van der Waals surface area contributed by atoms with Crippen molar-refractivity contribution >= 4 is 21.7 Å². The van der Waals surface area contributed by atoms with Crippen LogP contribution >= 0.6 is 15.9 Å². The number of ether oxygens (including phenoxy) is 1. The van der Waals surface area contributed by atoms with Gasteiger partial charge in [-0.1, -0.05) is 28.1 Å². The minimum absolute atomic E-state index is 0.0931. The number of likely N-dealkylation sites (N-methyl/N-ethyl adjacent to an activating group) is 1.